The average molecular weight is 694 g/mol. The highest BCUT2D eigenvalue weighted by atomic mass is 15.2. The van der Waals surface area contributed by atoms with Gasteiger partial charge in [0.05, 0.1) is 5.41 Å². The van der Waals surface area contributed by atoms with Gasteiger partial charge in [0.15, 0.2) is 5.71 Å². The van der Waals surface area contributed by atoms with Crippen molar-refractivity contribution in [2.24, 2.45) is 5.92 Å². The minimum atomic E-state index is -0.220. The van der Waals surface area contributed by atoms with Crippen LogP contribution in [-0.4, -0.2) is 23.9 Å². The first kappa shape index (κ1) is 34.9. The number of nitrogens with zero attached hydrogens (tertiary/aromatic N) is 2. The van der Waals surface area contributed by atoms with E-state index in [2.05, 4.69) is 198 Å². The molecule has 0 bridgehead atoms. The Labute approximate surface area is 316 Å². The van der Waals surface area contributed by atoms with Gasteiger partial charge >= 0.3 is 0 Å². The summed E-state index contributed by atoms with van der Waals surface area (Å²) in [5.41, 5.74) is 13.2. The third-order valence-corrected chi connectivity index (χ3v) is 12.3. The molecule has 0 spiro atoms. The number of fused-ring (bicyclic) bond motifs is 6. The zero-order chi connectivity index (χ0) is 36.9. The smallest absolute Gasteiger partial charge is 0.210 e. The maximum Gasteiger partial charge on any atom is 0.210 e. The van der Waals surface area contributed by atoms with Crippen LogP contribution in [0.25, 0.3) is 21.5 Å². The molecule has 0 saturated heterocycles. The predicted molar refractivity (Wildman–Crippen MR) is 227 cm³/mol. The highest BCUT2D eigenvalue weighted by Gasteiger charge is 2.48. The normalized spacial score (nSPS) is 20.5. The van der Waals surface area contributed by atoms with E-state index in [0.29, 0.717) is 5.92 Å². The average Bonchev–Trinajstić information content (AvgIpc) is 3.52. The van der Waals surface area contributed by atoms with Crippen molar-refractivity contribution in [1.29, 1.82) is 0 Å². The topological polar surface area (TPSA) is 6.25 Å². The van der Waals surface area contributed by atoms with Crippen molar-refractivity contribution >= 4 is 38.6 Å². The van der Waals surface area contributed by atoms with Gasteiger partial charge in [0, 0.05) is 41.1 Å². The largest absolute Gasteiger partial charge is 0.344 e. The Kier molecular flexibility index (Phi) is 8.97. The zero-order valence-electron chi connectivity index (χ0n) is 32.6. The number of allylic oxidation sites excluding steroid dienone is 4. The van der Waals surface area contributed by atoms with Gasteiger partial charge in [-0.1, -0.05) is 129 Å². The van der Waals surface area contributed by atoms with Crippen LogP contribution in [0, 0.1) is 19.8 Å². The molecule has 0 radical (unpaired) electrons. The van der Waals surface area contributed by atoms with Crippen LogP contribution in [0.5, 0.6) is 0 Å². The summed E-state index contributed by atoms with van der Waals surface area (Å²) in [6, 6.07) is 45.3. The molecule has 6 aromatic rings. The van der Waals surface area contributed by atoms with E-state index in [-0.39, 0.29) is 10.8 Å². The van der Waals surface area contributed by atoms with Crippen molar-refractivity contribution in [3.63, 3.8) is 0 Å². The zero-order valence-corrected chi connectivity index (χ0v) is 32.6. The minimum Gasteiger partial charge on any atom is -0.344 e. The van der Waals surface area contributed by atoms with E-state index < -0.39 is 0 Å². The quantitative estimate of drug-likeness (QED) is 0.137. The van der Waals surface area contributed by atoms with E-state index in [4.69, 9.17) is 0 Å². The third kappa shape index (κ3) is 6.03. The van der Waals surface area contributed by atoms with E-state index in [1.807, 2.05) is 0 Å². The fraction of sp³-hybridized carbons (Fsp3) is 0.275. The first-order valence-electron chi connectivity index (χ1n) is 19.5. The molecule has 2 heteroatoms. The molecular formula is C51H53N2+. The summed E-state index contributed by atoms with van der Waals surface area (Å²) in [6.07, 6.45) is 10.3. The molecule has 0 N–H and O–H groups in total. The van der Waals surface area contributed by atoms with Gasteiger partial charge in [-0.3, -0.25) is 0 Å². The van der Waals surface area contributed by atoms with E-state index in [1.54, 1.807) is 0 Å². The molecule has 0 aliphatic carbocycles. The molecule has 6 aromatic carbocycles. The fourth-order valence-electron chi connectivity index (χ4n) is 9.46. The number of rotatable bonds is 9. The summed E-state index contributed by atoms with van der Waals surface area (Å²) in [5.74, 6) is 0.609. The van der Waals surface area contributed by atoms with Crippen molar-refractivity contribution < 1.29 is 4.58 Å². The molecule has 0 amide bonds. The predicted octanol–water partition coefficient (Wildman–Crippen LogP) is 12.3. The second kappa shape index (κ2) is 13.6. The van der Waals surface area contributed by atoms with Crippen molar-refractivity contribution in [2.75, 3.05) is 18.5 Å². The van der Waals surface area contributed by atoms with Gasteiger partial charge in [0.1, 0.15) is 7.05 Å². The summed E-state index contributed by atoms with van der Waals surface area (Å²) >= 11 is 0. The number of benzene rings is 6. The van der Waals surface area contributed by atoms with Crippen LogP contribution < -0.4 is 4.90 Å². The summed E-state index contributed by atoms with van der Waals surface area (Å²) in [6.45, 7) is 15.1. The lowest BCUT2D eigenvalue weighted by Crippen LogP contribution is -2.33. The third-order valence-electron chi connectivity index (χ3n) is 12.3. The molecule has 266 valence electrons. The lowest BCUT2D eigenvalue weighted by molar-refractivity contribution is -0.401. The highest BCUT2D eigenvalue weighted by molar-refractivity contribution is 6.08. The maximum atomic E-state index is 2.65. The lowest BCUT2D eigenvalue weighted by atomic mass is 9.72. The summed E-state index contributed by atoms with van der Waals surface area (Å²) in [4.78, 5) is 2.65. The fourth-order valence-corrected chi connectivity index (χ4v) is 9.46. The molecule has 2 aliphatic heterocycles. The Morgan fingerprint density at radius 1 is 0.679 bits per heavy atom. The van der Waals surface area contributed by atoms with Crippen LogP contribution in [0.3, 0.4) is 0 Å². The van der Waals surface area contributed by atoms with Crippen molar-refractivity contribution in [2.45, 2.75) is 71.6 Å². The van der Waals surface area contributed by atoms with Crippen molar-refractivity contribution in [3.05, 3.63) is 179 Å². The summed E-state index contributed by atoms with van der Waals surface area (Å²) in [5, 5.41) is 5.31. The molecule has 2 nitrogen and oxygen atoms in total. The molecule has 2 unspecified atom stereocenters. The van der Waals surface area contributed by atoms with Gasteiger partial charge in [0.2, 0.25) is 5.69 Å². The molecule has 53 heavy (non-hydrogen) atoms. The van der Waals surface area contributed by atoms with Gasteiger partial charge in [0.25, 0.3) is 0 Å². The molecule has 0 aromatic heterocycles. The monoisotopic (exact) mass is 693 g/mol. The van der Waals surface area contributed by atoms with Crippen molar-refractivity contribution in [1.82, 2.24) is 0 Å². The molecular weight excluding hydrogens is 641 g/mol. The van der Waals surface area contributed by atoms with Crippen molar-refractivity contribution in [3.8, 4) is 0 Å². The number of aryl methyl sites for hydroxylation is 2. The van der Waals surface area contributed by atoms with Crippen LogP contribution in [0.2, 0.25) is 0 Å². The van der Waals surface area contributed by atoms with Gasteiger partial charge in [-0.25, -0.2) is 0 Å². The van der Waals surface area contributed by atoms with Crippen LogP contribution in [0.15, 0.2) is 145 Å². The Bertz CT molecular complexity index is 2440. The Morgan fingerprint density at radius 3 is 2.02 bits per heavy atom. The van der Waals surface area contributed by atoms with E-state index in [1.165, 1.54) is 77.7 Å². The molecule has 0 saturated carbocycles. The Hall–Kier alpha value is -5.21. The number of hydrogen-bond donors (Lipinski definition) is 0. The first-order chi connectivity index (χ1) is 25.6. The molecule has 8 rings (SSSR count). The second-order valence-electron chi connectivity index (χ2n) is 16.5. The molecule has 2 heterocycles. The van der Waals surface area contributed by atoms with E-state index in [9.17, 15) is 0 Å². The van der Waals surface area contributed by atoms with Gasteiger partial charge in [-0.2, -0.15) is 4.58 Å². The maximum absolute atomic E-state index is 2.65. The first-order valence-corrected chi connectivity index (χ1v) is 19.5. The Morgan fingerprint density at radius 2 is 1.32 bits per heavy atom. The van der Waals surface area contributed by atoms with Gasteiger partial charge in [-0.05, 0) is 115 Å². The van der Waals surface area contributed by atoms with Gasteiger partial charge < -0.3 is 4.90 Å². The Balaban J connectivity index is 1.30. The number of anilines is 1. The number of hydrogen-bond acceptors (Lipinski definition) is 1. The second-order valence-corrected chi connectivity index (χ2v) is 16.5. The molecule has 2 aliphatic rings. The van der Waals surface area contributed by atoms with Crippen LogP contribution in [-0.2, 0) is 23.7 Å². The SMILES string of the molecule is Cc1ccc(CC2(C)C(=CC=CC3=[N+](C)c4ccc5ccccc5c4C3(C)Cc3ccccc3C)N(CCC(C)C)c3ccc4ccccc4c32)cc1. The standard InChI is InChI=1S/C51H53N2/c1-35(2)31-32-53-45-30-28-40-17-11-13-20-43(40)49(45)50(5,33-38-25-23-36(3)24-26-38)47(53)22-14-21-46-51(6,34-41-18-9-8-15-37(41)4)48-42-19-12-10-16-39(42)27-29-44(48)52(46)7/h8-30,35H,31-34H2,1-7H3/q+1. The van der Waals surface area contributed by atoms with Crippen LogP contribution in [0.1, 0.15) is 67.5 Å². The minimum absolute atomic E-state index is 0.219. The van der Waals surface area contributed by atoms with E-state index >= 15 is 0 Å². The van der Waals surface area contributed by atoms with Crippen LogP contribution >= 0.6 is 0 Å². The molecule has 0 fully saturated rings. The molecule has 2 atom stereocenters. The summed E-state index contributed by atoms with van der Waals surface area (Å²) < 4.78 is 2.45. The summed E-state index contributed by atoms with van der Waals surface area (Å²) in [7, 11) is 2.26. The highest BCUT2D eigenvalue weighted by Crippen LogP contribution is 2.53. The van der Waals surface area contributed by atoms with Gasteiger partial charge in [-0.15, -0.1) is 0 Å². The lowest BCUT2D eigenvalue weighted by Gasteiger charge is -2.31. The van der Waals surface area contributed by atoms with E-state index in [0.717, 1.165) is 25.8 Å². The van der Waals surface area contributed by atoms with Crippen LogP contribution in [0.4, 0.5) is 11.4 Å².